The van der Waals surface area contributed by atoms with Crippen molar-refractivity contribution < 1.29 is 18.7 Å². The number of benzene rings is 1. The van der Waals surface area contributed by atoms with Crippen molar-refractivity contribution in [1.82, 2.24) is 24.8 Å². The summed E-state index contributed by atoms with van der Waals surface area (Å²) in [6.07, 6.45) is 2.80. The molecule has 3 aromatic rings. The summed E-state index contributed by atoms with van der Waals surface area (Å²) in [5, 5.41) is 8.33. The standard InChI is InChI=1S/C21H21N5O4/c27-20(16-6-11-29-13-16)24-7-9-25(10-8-24)21(28)19-17-14-30-18(12-26(17)23-22-19)15-4-2-1-3-5-15/h1-6,11,13,18H,7-10,12,14H2/t18-/m0/s1. The van der Waals surface area contributed by atoms with Crippen LogP contribution in [0.4, 0.5) is 0 Å². The van der Waals surface area contributed by atoms with E-state index < -0.39 is 0 Å². The first-order valence-electron chi connectivity index (χ1n) is 9.90. The summed E-state index contributed by atoms with van der Waals surface area (Å²) in [5.41, 5.74) is 2.62. The second-order valence-corrected chi connectivity index (χ2v) is 7.37. The highest BCUT2D eigenvalue weighted by Crippen LogP contribution is 2.27. The zero-order chi connectivity index (χ0) is 20.5. The molecule has 0 aliphatic carbocycles. The molecule has 2 aliphatic heterocycles. The molecular weight excluding hydrogens is 386 g/mol. The van der Waals surface area contributed by atoms with E-state index in [1.54, 1.807) is 20.5 Å². The molecule has 0 saturated carbocycles. The number of hydrogen-bond donors (Lipinski definition) is 0. The fourth-order valence-corrected chi connectivity index (χ4v) is 3.88. The highest BCUT2D eigenvalue weighted by atomic mass is 16.5. The molecule has 5 rings (SSSR count). The van der Waals surface area contributed by atoms with E-state index in [1.165, 1.54) is 12.5 Å². The molecule has 9 heteroatoms. The number of furan rings is 1. The van der Waals surface area contributed by atoms with Crippen LogP contribution < -0.4 is 0 Å². The Morgan fingerprint density at radius 3 is 2.40 bits per heavy atom. The van der Waals surface area contributed by atoms with Gasteiger partial charge in [-0.2, -0.15) is 0 Å². The second-order valence-electron chi connectivity index (χ2n) is 7.37. The van der Waals surface area contributed by atoms with Gasteiger partial charge in [-0.05, 0) is 11.6 Å². The van der Waals surface area contributed by atoms with E-state index in [2.05, 4.69) is 10.3 Å². The lowest BCUT2D eigenvalue weighted by Gasteiger charge is -2.34. The van der Waals surface area contributed by atoms with E-state index in [9.17, 15) is 9.59 Å². The van der Waals surface area contributed by atoms with Crippen LogP contribution >= 0.6 is 0 Å². The Labute approximate surface area is 172 Å². The minimum Gasteiger partial charge on any atom is -0.472 e. The summed E-state index contributed by atoms with van der Waals surface area (Å²) in [7, 11) is 0. The van der Waals surface area contributed by atoms with Crippen molar-refractivity contribution >= 4 is 11.8 Å². The molecule has 2 aliphatic rings. The number of ether oxygens (including phenoxy) is 1. The molecule has 9 nitrogen and oxygen atoms in total. The van der Waals surface area contributed by atoms with Crippen LogP contribution in [0.3, 0.4) is 0 Å². The Balaban J connectivity index is 1.24. The molecule has 1 aromatic carbocycles. The molecule has 4 heterocycles. The number of amides is 2. The van der Waals surface area contributed by atoms with Gasteiger partial charge in [0.1, 0.15) is 12.4 Å². The van der Waals surface area contributed by atoms with Crippen LogP contribution in [0.2, 0.25) is 0 Å². The minimum atomic E-state index is -0.173. The maximum Gasteiger partial charge on any atom is 0.276 e. The Morgan fingerprint density at radius 1 is 0.967 bits per heavy atom. The molecular formula is C21H21N5O4. The van der Waals surface area contributed by atoms with E-state index >= 15 is 0 Å². The zero-order valence-electron chi connectivity index (χ0n) is 16.3. The van der Waals surface area contributed by atoms with E-state index in [0.717, 1.165) is 5.56 Å². The minimum absolute atomic E-state index is 0.0859. The molecule has 1 atom stereocenters. The van der Waals surface area contributed by atoms with Crippen molar-refractivity contribution in [2.75, 3.05) is 26.2 Å². The van der Waals surface area contributed by atoms with Gasteiger partial charge < -0.3 is 19.0 Å². The highest BCUT2D eigenvalue weighted by Gasteiger charge is 2.32. The van der Waals surface area contributed by atoms with Crippen molar-refractivity contribution in [3.63, 3.8) is 0 Å². The topological polar surface area (TPSA) is 93.7 Å². The first-order valence-corrected chi connectivity index (χ1v) is 9.90. The third-order valence-corrected chi connectivity index (χ3v) is 5.59. The first-order chi connectivity index (χ1) is 14.7. The average Bonchev–Trinajstić information content (AvgIpc) is 3.49. The molecule has 154 valence electrons. The number of nitrogens with zero attached hydrogens (tertiary/aromatic N) is 5. The Hall–Kier alpha value is -3.46. The molecule has 2 aromatic heterocycles. The largest absolute Gasteiger partial charge is 0.472 e. The van der Waals surface area contributed by atoms with Crippen molar-refractivity contribution in [3.8, 4) is 0 Å². The Morgan fingerprint density at radius 2 is 1.70 bits per heavy atom. The summed E-state index contributed by atoms with van der Waals surface area (Å²) in [5.74, 6) is -0.259. The quantitative estimate of drug-likeness (QED) is 0.657. The zero-order valence-corrected chi connectivity index (χ0v) is 16.3. The lowest BCUT2D eigenvalue weighted by atomic mass is 10.1. The van der Waals surface area contributed by atoms with E-state index in [1.807, 2.05) is 30.3 Å². The Kier molecular flexibility index (Phi) is 4.80. The summed E-state index contributed by atoms with van der Waals surface area (Å²) in [6, 6.07) is 11.6. The van der Waals surface area contributed by atoms with Crippen LogP contribution in [0, 0.1) is 0 Å². The van der Waals surface area contributed by atoms with Gasteiger partial charge in [-0.1, -0.05) is 35.5 Å². The van der Waals surface area contributed by atoms with Crippen molar-refractivity contribution in [2.24, 2.45) is 0 Å². The molecule has 0 unspecified atom stereocenters. The predicted octanol–water partition coefficient (Wildman–Crippen LogP) is 1.74. The monoisotopic (exact) mass is 407 g/mol. The summed E-state index contributed by atoms with van der Waals surface area (Å²) >= 11 is 0. The lowest BCUT2D eigenvalue weighted by molar-refractivity contribution is -0.00202. The number of aromatic nitrogens is 3. The molecule has 0 spiro atoms. The van der Waals surface area contributed by atoms with Crippen molar-refractivity contribution in [1.29, 1.82) is 0 Å². The van der Waals surface area contributed by atoms with Crippen LogP contribution in [-0.4, -0.2) is 62.8 Å². The van der Waals surface area contributed by atoms with E-state index in [-0.39, 0.29) is 24.5 Å². The number of carbonyl (C=O) groups is 2. The smallest absolute Gasteiger partial charge is 0.276 e. The predicted molar refractivity (Wildman–Crippen MR) is 105 cm³/mol. The third kappa shape index (κ3) is 3.37. The van der Waals surface area contributed by atoms with Gasteiger partial charge in [0, 0.05) is 26.2 Å². The molecule has 0 radical (unpaired) electrons. The van der Waals surface area contributed by atoms with Crippen molar-refractivity contribution in [2.45, 2.75) is 19.3 Å². The average molecular weight is 407 g/mol. The van der Waals surface area contributed by atoms with Crippen LogP contribution in [0.1, 0.15) is 38.2 Å². The fourth-order valence-electron chi connectivity index (χ4n) is 3.88. The highest BCUT2D eigenvalue weighted by molar-refractivity contribution is 5.95. The number of rotatable bonds is 3. The summed E-state index contributed by atoms with van der Waals surface area (Å²) in [6.45, 7) is 2.63. The van der Waals surface area contributed by atoms with Gasteiger partial charge in [0.25, 0.3) is 11.8 Å². The van der Waals surface area contributed by atoms with E-state index in [0.29, 0.717) is 49.7 Å². The van der Waals surface area contributed by atoms with E-state index in [4.69, 9.17) is 9.15 Å². The molecule has 2 amide bonds. The fraction of sp³-hybridized carbons (Fsp3) is 0.333. The van der Waals surface area contributed by atoms with Crippen molar-refractivity contribution in [3.05, 3.63) is 71.4 Å². The third-order valence-electron chi connectivity index (χ3n) is 5.59. The Bertz CT molecular complexity index is 1040. The van der Waals surface area contributed by atoms with Gasteiger partial charge in [0.2, 0.25) is 0 Å². The van der Waals surface area contributed by atoms with Gasteiger partial charge in [-0.15, -0.1) is 5.10 Å². The van der Waals surface area contributed by atoms with Crippen LogP contribution in [-0.2, 0) is 17.9 Å². The normalized spacial score (nSPS) is 18.9. The van der Waals surface area contributed by atoms with Gasteiger partial charge >= 0.3 is 0 Å². The maximum atomic E-state index is 13.0. The van der Waals surface area contributed by atoms with Crippen LogP contribution in [0.25, 0.3) is 0 Å². The molecule has 0 bridgehead atoms. The number of piperazine rings is 1. The number of carbonyl (C=O) groups excluding carboxylic acids is 2. The molecule has 0 N–H and O–H groups in total. The molecule has 30 heavy (non-hydrogen) atoms. The SMILES string of the molecule is O=C(c1ccoc1)N1CCN(C(=O)c2nnn3c2CO[C@H](c2ccccc2)C3)CC1. The van der Waals surface area contributed by atoms with Gasteiger partial charge in [0.05, 0.1) is 30.7 Å². The lowest BCUT2D eigenvalue weighted by Crippen LogP contribution is -2.50. The second kappa shape index (κ2) is 7.75. The summed E-state index contributed by atoms with van der Waals surface area (Å²) < 4.78 is 12.7. The van der Waals surface area contributed by atoms with Crippen LogP contribution in [0.5, 0.6) is 0 Å². The summed E-state index contributed by atoms with van der Waals surface area (Å²) in [4.78, 5) is 28.9. The number of hydrogen-bond acceptors (Lipinski definition) is 6. The number of fused-ring (bicyclic) bond motifs is 1. The van der Waals surface area contributed by atoms with Crippen LogP contribution in [0.15, 0.2) is 53.3 Å². The first kappa shape index (κ1) is 18.6. The van der Waals surface area contributed by atoms with Gasteiger partial charge in [-0.3, -0.25) is 9.59 Å². The molecule has 1 fully saturated rings. The maximum absolute atomic E-state index is 13.0. The van der Waals surface area contributed by atoms with Gasteiger partial charge in [0.15, 0.2) is 5.69 Å². The molecule has 1 saturated heterocycles. The van der Waals surface area contributed by atoms with Gasteiger partial charge in [-0.25, -0.2) is 4.68 Å².